The fourth-order valence-corrected chi connectivity index (χ4v) is 4.79. The molecule has 2 aromatic carbocycles. The summed E-state index contributed by atoms with van der Waals surface area (Å²) in [4.78, 5) is 4.92. The second kappa shape index (κ2) is 9.36. The van der Waals surface area contributed by atoms with E-state index < -0.39 is 0 Å². The largest absolute Gasteiger partial charge is 0.493 e. The first-order chi connectivity index (χ1) is 14.6. The average molecular weight is 431 g/mol. The maximum atomic E-state index is 6.36. The lowest BCUT2D eigenvalue weighted by Crippen LogP contribution is -2.47. The van der Waals surface area contributed by atoms with Crippen molar-refractivity contribution < 1.29 is 14.2 Å². The van der Waals surface area contributed by atoms with Gasteiger partial charge in [-0.3, -0.25) is 4.90 Å². The highest BCUT2D eigenvalue weighted by molar-refractivity contribution is 6.33. The Bertz CT molecular complexity index is 868. The molecule has 2 unspecified atom stereocenters. The molecule has 2 aliphatic heterocycles. The van der Waals surface area contributed by atoms with Crippen LogP contribution in [0.4, 0.5) is 5.69 Å². The van der Waals surface area contributed by atoms with Crippen LogP contribution in [0.25, 0.3) is 0 Å². The number of piperazine rings is 1. The highest BCUT2D eigenvalue weighted by atomic mass is 35.5. The maximum Gasteiger partial charge on any atom is 0.164 e. The Kier molecular flexibility index (Phi) is 6.59. The van der Waals surface area contributed by atoms with Crippen LogP contribution in [0.15, 0.2) is 36.4 Å². The van der Waals surface area contributed by atoms with Crippen LogP contribution >= 0.6 is 11.6 Å². The van der Waals surface area contributed by atoms with Gasteiger partial charge in [-0.25, -0.2) is 0 Å². The Labute approximate surface area is 184 Å². The summed E-state index contributed by atoms with van der Waals surface area (Å²) in [5.74, 6) is 2.86. The van der Waals surface area contributed by atoms with Crippen LogP contribution in [-0.4, -0.2) is 57.9 Å². The highest BCUT2D eigenvalue weighted by Crippen LogP contribution is 2.43. The molecule has 1 fully saturated rings. The zero-order chi connectivity index (χ0) is 21.1. The lowest BCUT2D eigenvalue weighted by molar-refractivity contribution is 0.129. The van der Waals surface area contributed by atoms with Gasteiger partial charge in [-0.2, -0.15) is 0 Å². The predicted octanol–water partition coefficient (Wildman–Crippen LogP) is 4.82. The Morgan fingerprint density at radius 3 is 2.43 bits per heavy atom. The van der Waals surface area contributed by atoms with Gasteiger partial charge in [-0.15, -0.1) is 0 Å². The topological polar surface area (TPSA) is 34.2 Å². The number of anilines is 1. The minimum atomic E-state index is 0.229. The molecule has 4 rings (SSSR count). The van der Waals surface area contributed by atoms with E-state index in [9.17, 15) is 0 Å². The summed E-state index contributed by atoms with van der Waals surface area (Å²) in [5, 5.41) is 0.835. The molecule has 0 bridgehead atoms. The number of rotatable bonds is 6. The summed E-state index contributed by atoms with van der Waals surface area (Å²) >= 11 is 6.36. The predicted molar refractivity (Wildman–Crippen MR) is 122 cm³/mol. The van der Waals surface area contributed by atoms with Crippen molar-refractivity contribution in [1.82, 2.24) is 4.90 Å². The molecular weight excluding hydrogens is 400 g/mol. The number of ether oxygens (including phenoxy) is 3. The molecule has 0 N–H and O–H groups in total. The molecule has 0 saturated carbocycles. The molecule has 0 amide bonds. The van der Waals surface area contributed by atoms with Crippen LogP contribution < -0.4 is 19.1 Å². The number of para-hydroxylation sites is 1. The number of hydrogen-bond donors (Lipinski definition) is 0. The minimum Gasteiger partial charge on any atom is -0.493 e. The fourth-order valence-electron chi connectivity index (χ4n) is 4.54. The van der Waals surface area contributed by atoms with Crippen molar-refractivity contribution in [3.05, 3.63) is 47.0 Å². The van der Waals surface area contributed by atoms with Crippen molar-refractivity contribution in [2.45, 2.75) is 31.8 Å². The van der Waals surface area contributed by atoms with Gasteiger partial charge in [0.1, 0.15) is 11.9 Å². The fraction of sp³-hybridized carbons (Fsp3) is 0.500. The van der Waals surface area contributed by atoms with E-state index in [1.165, 1.54) is 5.56 Å². The third kappa shape index (κ3) is 4.47. The van der Waals surface area contributed by atoms with E-state index in [4.69, 9.17) is 25.8 Å². The highest BCUT2D eigenvalue weighted by Gasteiger charge is 2.28. The molecular formula is C24H31ClN2O3. The number of methoxy groups -OCH3 is 2. The third-order valence-corrected chi connectivity index (χ3v) is 6.61. The van der Waals surface area contributed by atoms with Crippen LogP contribution in [-0.2, 0) is 0 Å². The summed E-state index contributed by atoms with van der Waals surface area (Å²) in [7, 11) is 3.34. The molecule has 6 heteroatoms. The van der Waals surface area contributed by atoms with Gasteiger partial charge in [0, 0.05) is 44.4 Å². The van der Waals surface area contributed by atoms with Gasteiger partial charge >= 0.3 is 0 Å². The molecule has 30 heavy (non-hydrogen) atoms. The van der Waals surface area contributed by atoms with E-state index in [0.29, 0.717) is 5.92 Å². The summed E-state index contributed by atoms with van der Waals surface area (Å²) in [6.45, 7) is 7.43. The first-order valence-electron chi connectivity index (χ1n) is 10.7. The van der Waals surface area contributed by atoms with E-state index in [0.717, 1.165) is 73.5 Å². The van der Waals surface area contributed by atoms with Gasteiger partial charge in [-0.1, -0.05) is 30.7 Å². The van der Waals surface area contributed by atoms with Crippen LogP contribution in [0.3, 0.4) is 0 Å². The molecule has 1 saturated heterocycles. The summed E-state index contributed by atoms with van der Waals surface area (Å²) < 4.78 is 17.3. The first-order valence-corrected chi connectivity index (χ1v) is 11.1. The molecule has 0 spiro atoms. The maximum absolute atomic E-state index is 6.36. The van der Waals surface area contributed by atoms with Crippen LogP contribution in [0.5, 0.6) is 17.2 Å². The lowest BCUT2D eigenvalue weighted by atomic mass is 9.90. The van der Waals surface area contributed by atoms with E-state index in [1.807, 2.05) is 18.2 Å². The normalized spacial score (nSPS) is 21.7. The molecule has 162 valence electrons. The van der Waals surface area contributed by atoms with Crippen molar-refractivity contribution >= 4 is 17.3 Å². The standard InChI is InChI=1S/C24H31ClN2O3/c1-17-14-18(30-22-16-24(29-3)23(28-2)15-19(17)22)8-9-26-10-12-27(13-11-26)21-7-5-4-6-20(21)25/h4-7,15-18H,8-14H2,1-3H3. The summed E-state index contributed by atoms with van der Waals surface area (Å²) in [6.07, 6.45) is 2.29. The second-order valence-electron chi connectivity index (χ2n) is 8.19. The third-order valence-electron chi connectivity index (χ3n) is 6.29. The molecule has 2 aromatic rings. The zero-order valence-electron chi connectivity index (χ0n) is 18.1. The summed E-state index contributed by atoms with van der Waals surface area (Å²) in [6, 6.07) is 12.1. The van der Waals surface area contributed by atoms with Crippen molar-refractivity contribution in [1.29, 1.82) is 0 Å². The molecule has 0 radical (unpaired) electrons. The SMILES string of the molecule is COc1cc2c(cc1OC)C(C)CC(CCN1CCN(c3ccccc3Cl)CC1)O2. The quantitative estimate of drug-likeness (QED) is 0.656. The van der Waals surface area contributed by atoms with Gasteiger partial charge in [0.2, 0.25) is 0 Å². The van der Waals surface area contributed by atoms with Crippen molar-refractivity contribution in [3.8, 4) is 17.2 Å². The van der Waals surface area contributed by atoms with Crippen molar-refractivity contribution in [2.75, 3.05) is 51.8 Å². The van der Waals surface area contributed by atoms with Gasteiger partial charge in [0.15, 0.2) is 11.5 Å². The second-order valence-corrected chi connectivity index (χ2v) is 8.60. The van der Waals surface area contributed by atoms with E-state index in [-0.39, 0.29) is 6.10 Å². The molecule has 2 aliphatic rings. The lowest BCUT2D eigenvalue weighted by Gasteiger charge is -2.37. The van der Waals surface area contributed by atoms with Gasteiger partial charge < -0.3 is 19.1 Å². The molecule has 2 atom stereocenters. The zero-order valence-corrected chi connectivity index (χ0v) is 18.8. The number of halogens is 1. The van der Waals surface area contributed by atoms with Crippen LogP contribution in [0, 0.1) is 0 Å². The smallest absolute Gasteiger partial charge is 0.164 e. The van der Waals surface area contributed by atoms with Crippen LogP contribution in [0.2, 0.25) is 5.02 Å². The van der Waals surface area contributed by atoms with E-state index in [2.05, 4.69) is 34.9 Å². The number of benzene rings is 2. The number of nitrogens with zero attached hydrogens (tertiary/aromatic N) is 2. The molecule has 2 heterocycles. The van der Waals surface area contributed by atoms with Gasteiger partial charge in [-0.05, 0) is 37.0 Å². The molecule has 0 aromatic heterocycles. The molecule has 5 nitrogen and oxygen atoms in total. The van der Waals surface area contributed by atoms with Crippen molar-refractivity contribution in [2.24, 2.45) is 0 Å². The summed E-state index contributed by atoms with van der Waals surface area (Å²) in [5.41, 5.74) is 2.35. The van der Waals surface area contributed by atoms with E-state index in [1.54, 1.807) is 14.2 Å². The van der Waals surface area contributed by atoms with E-state index >= 15 is 0 Å². The first kappa shape index (κ1) is 21.1. The van der Waals surface area contributed by atoms with Crippen LogP contribution in [0.1, 0.15) is 31.2 Å². The number of fused-ring (bicyclic) bond motifs is 1. The monoisotopic (exact) mass is 430 g/mol. The number of hydrogen-bond acceptors (Lipinski definition) is 5. The average Bonchev–Trinajstić information content (AvgIpc) is 2.77. The Morgan fingerprint density at radius 2 is 1.73 bits per heavy atom. The van der Waals surface area contributed by atoms with Gasteiger partial charge in [0.05, 0.1) is 24.9 Å². The van der Waals surface area contributed by atoms with Gasteiger partial charge in [0.25, 0.3) is 0 Å². The Hall–Kier alpha value is -2.11. The minimum absolute atomic E-state index is 0.229. The Morgan fingerprint density at radius 1 is 1.03 bits per heavy atom. The van der Waals surface area contributed by atoms with Crippen molar-refractivity contribution in [3.63, 3.8) is 0 Å². The Balaban J connectivity index is 1.32. The molecule has 0 aliphatic carbocycles.